The number of nitrogens with two attached hydrogens (primary N) is 1. The van der Waals surface area contributed by atoms with Crippen LogP contribution < -0.4 is 10.6 Å². The molecule has 0 fully saturated rings. The number of nitrogen functional groups attached to an aromatic ring is 1. The lowest BCUT2D eigenvalue weighted by molar-refractivity contribution is 0.621. The van der Waals surface area contributed by atoms with Gasteiger partial charge in [0.05, 0.1) is 17.8 Å². The van der Waals surface area contributed by atoms with Crippen LogP contribution in [0.5, 0.6) is 0 Å². The van der Waals surface area contributed by atoms with Crippen LogP contribution in [0.4, 0.5) is 15.1 Å². The lowest BCUT2D eigenvalue weighted by Crippen LogP contribution is -2.30. The highest BCUT2D eigenvalue weighted by atomic mass is 32.1. The van der Waals surface area contributed by atoms with Gasteiger partial charge in [0.15, 0.2) is 0 Å². The molecule has 0 saturated carbocycles. The number of fused-ring (bicyclic) bond motifs is 1. The summed E-state index contributed by atoms with van der Waals surface area (Å²) in [7, 11) is 0. The van der Waals surface area contributed by atoms with Gasteiger partial charge in [-0.05, 0) is 24.1 Å². The number of nitrogens with zero attached hydrogens (tertiary/aromatic N) is 3. The summed E-state index contributed by atoms with van der Waals surface area (Å²) in [4.78, 5) is 2.98. The van der Waals surface area contributed by atoms with Crippen molar-refractivity contribution in [2.45, 2.75) is 13.0 Å². The van der Waals surface area contributed by atoms with Crippen molar-refractivity contribution in [3.8, 4) is 12.1 Å². The predicted octanol–water partition coefficient (Wildman–Crippen LogP) is 2.78. The van der Waals surface area contributed by atoms with Crippen molar-refractivity contribution in [3.63, 3.8) is 0 Å². The molecule has 0 spiro atoms. The van der Waals surface area contributed by atoms with E-state index in [0.29, 0.717) is 35.8 Å². The highest BCUT2D eigenvalue weighted by Gasteiger charge is 2.25. The van der Waals surface area contributed by atoms with Gasteiger partial charge in [-0.3, -0.25) is 0 Å². The summed E-state index contributed by atoms with van der Waals surface area (Å²) >= 11 is 1.39. The van der Waals surface area contributed by atoms with Gasteiger partial charge >= 0.3 is 0 Å². The minimum absolute atomic E-state index is 0.0611. The molecule has 104 valence electrons. The van der Waals surface area contributed by atoms with E-state index in [9.17, 15) is 4.39 Å². The molecule has 0 radical (unpaired) electrons. The van der Waals surface area contributed by atoms with Crippen molar-refractivity contribution in [3.05, 3.63) is 45.6 Å². The average molecular weight is 298 g/mol. The molecule has 1 aliphatic heterocycles. The minimum atomic E-state index is -0.510. The first-order valence-corrected chi connectivity index (χ1v) is 7.21. The molecule has 0 unspecified atom stereocenters. The highest BCUT2D eigenvalue weighted by molar-refractivity contribution is 7.16. The van der Waals surface area contributed by atoms with Gasteiger partial charge in [-0.15, -0.1) is 11.3 Å². The van der Waals surface area contributed by atoms with Gasteiger partial charge in [-0.25, -0.2) is 4.39 Å². The average Bonchev–Trinajstić information content (AvgIpc) is 2.81. The molecule has 1 aromatic heterocycles. The maximum Gasteiger partial charge on any atom is 0.143 e. The second-order valence-electron chi connectivity index (χ2n) is 4.77. The Bertz CT molecular complexity index is 797. The Balaban J connectivity index is 2.00. The Morgan fingerprint density at radius 3 is 2.71 bits per heavy atom. The van der Waals surface area contributed by atoms with Crippen LogP contribution in [0.25, 0.3) is 0 Å². The van der Waals surface area contributed by atoms with Crippen molar-refractivity contribution < 1.29 is 4.39 Å². The molecule has 4 nitrogen and oxygen atoms in total. The highest BCUT2D eigenvalue weighted by Crippen LogP contribution is 2.36. The molecule has 3 rings (SSSR count). The topological polar surface area (TPSA) is 76.8 Å². The molecular weight excluding hydrogens is 287 g/mol. The molecule has 2 aromatic rings. The first-order valence-electron chi connectivity index (χ1n) is 6.39. The maximum absolute atomic E-state index is 13.7. The van der Waals surface area contributed by atoms with Crippen LogP contribution >= 0.6 is 11.3 Å². The zero-order valence-corrected chi connectivity index (χ0v) is 11.9. The van der Waals surface area contributed by atoms with E-state index in [1.54, 1.807) is 12.1 Å². The number of halogens is 1. The zero-order chi connectivity index (χ0) is 15.0. The van der Waals surface area contributed by atoms with E-state index in [0.717, 1.165) is 10.4 Å². The first-order chi connectivity index (χ1) is 10.2. The molecule has 0 atom stereocenters. The summed E-state index contributed by atoms with van der Waals surface area (Å²) in [5, 5.41) is 18.8. The van der Waals surface area contributed by atoms with Crippen LogP contribution in [-0.4, -0.2) is 6.54 Å². The predicted molar refractivity (Wildman–Crippen MR) is 79.3 cm³/mol. The van der Waals surface area contributed by atoms with E-state index in [4.69, 9.17) is 16.3 Å². The van der Waals surface area contributed by atoms with Crippen molar-refractivity contribution >= 4 is 22.0 Å². The number of hydrogen-bond acceptors (Lipinski definition) is 5. The van der Waals surface area contributed by atoms with Crippen LogP contribution in [-0.2, 0) is 13.0 Å². The third-order valence-electron chi connectivity index (χ3n) is 3.64. The second kappa shape index (κ2) is 5.08. The van der Waals surface area contributed by atoms with Gasteiger partial charge in [0.25, 0.3) is 0 Å². The quantitative estimate of drug-likeness (QED) is 0.878. The van der Waals surface area contributed by atoms with Crippen molar-refractivity contribution in [1.29, 1.82) is 10.5 Å². The zero-order valence-electron chi connectivity index (χ0n) is 11.1. The number of rotatable bonds is 1. The van der Waals surface area contributed by atoms with Crippen LogP contribution in [0.1, 0.15) is 21.6 Å². The lowest BCUT2D eigenvalue weighted by Gasteiger charge is -2.29. The van der Waals surface area contributed by atoms with E-state index < -0.39 is 5.82 Å². The molecule has 6 heteroatoms. The number of thiophene rings is 1. The third kappa shape index (κ3) is 2.10. The Morgan fingerprint density at radius 1 is 1.24 bits per heavy atom. The van der Waals surface area contributed by atoms with Crippen LogP contribution in [0, 0.1) is 28.5 Å². The molecular formula is C15H11FN4S. The monoisotopic (exact) mass is 298 g/mol. The molecule has 0 saturated heterocycles. The normalized spacial score (nSPS) is 13.4. The van der Waals surface area contributed by atoms with Gasteiger partial charge < -0.3 is 10.6 Å². The van der Waals surface area contributed by atoms with Gasteiger partial charge in [0.2, 0.25) is 0 Å². The molecule has 1 aromatic carbocycles. The van der Waals surface area contributed by atoms with E-state index >= 15 is 0 Å². The number of hydrogen-bond donors (Lipinski definition) is 1. The fourth-order valence-electron chi connectivity index (χ4n) is 2.64. The number of anilines is 2. The van der Waals surface area contributed by atoms with E-state index in [2.05, 4.69) is 6.07 Å². The number of nitriles is 2. The van der Waals surface area contributed by atoms with E-state index in [1.165, 1.54) is 17.4 Å². The molecule has 2 N–H and O–H groups in total. The Hall–Kier alpha value is -2.57. The molecule has 2 heterocycles. The van der Waals surface area contributed by atoms with Gasteiger partial charge in [-0.2, -0.15) is 10.5 Å². The Labute approximate surface area is 125 Å². The molecule has 0 amide bonds. The Morgan fingerprint density at radius 2 is 2.00 bits per heavy atom. The fourth-order valence-corrected chi connectivity index (χ4v) is 3.72. The summed E-state index contributed by atoms with van der Waals surface area (Å²) in [6, 6.07) is 8.70. The summed E-state index contributed by atoms with van der Waals surface area (Å²) in [5.74, 6) is -0.510. The molecule has 21 heavy (non-hydrogen) atoms. The van der Waals surface area contributed by atoms with Crippen molar-refractivity contribution in [2.75, 3.05) is 17.2 Å². The lowest BCUT2D eigenvalue weighted by atomic mass is 10.0. The molecule has 0 aliphatic carbocycles. The van der Waals surface area contributed by atoms with Crippen molar-refractivity contribution in [2.24, 2.45) is 0 Å². The summed E-state index contributed by atoms with van der Waals surface area (Å²) in [6.45, 7) is 1.18. The van der Waals surface area contributed by atoms with Crippen LogP contribution in [0.2, 0.25) is 0 Å². The van der Waals surface area contributed by atoms with E-state index in [1.807, 2.05) is 11.0 Å². The first kappa shape index (κ1) is 13.4. The standard InChI is InChI=1S/C15H11FN4S/c16-12-2-1-3-13(11(12)7-18)20-5-4-9-10(6-17)15(19)21-14(9)8-20/h1-3H,4-5,8,19H2. The summed E-state index contributed by atoms with van der Waals surface area (Å²) in [6.07, 6.45) is 0.674. The largest absolute Gasteiger partial charge is 0.389 e. The second-order valence-corrected chi connectivity index (χ2v) is 5.91. The maximum atomic E-state index is 13.7. The van der Waals surface area contributed by atoms with E-state index in [-0.39, 0.29) is 5.56 Å². The summed E-state index contributed by atoms with van der Waals surface area (Å²) < 4.78 is 13.7. The summed E-state index contributed by atoms with van der Waals surface area (Å²) in [5.41, 5.74) is 8.07. The fraction of sp³-hybridized carbons (Fsp3) is 0.200. The van der Waals surface area contributed by atoms with Gasteiger partial charge in [-0.1, -0.05) is 6.07 Å². The molecule has 1 aliphatic rings. The smallest absolute Gasteiger partial charge is 0.143 e. The Kier molecular flexibility index (Phi) is 3.25. The third-order valence-corrected chi connectivity index (χ3v) is 4.69. The van der Waals surface area contributed by atoms with Crippen LogP contribution in [0.3, 0.4) is 0 Å². The molecule has 0 bridgehead atoms. The number of benzene rings is 1. The SMILES string of the molecule is N#Cc1c(F)cccc1N1CCc2c(sc(N)c2C#N)C1. The van der Waals surface area contributed by atoms with Gasteiger partial charge in [0, 0.05) is 11.4 Å². The van der Waals surface area contributed by atoms with Gasteiger partial charge in [0.1, 0.15) is 28.5 Å². The minimum Gasteiger partial charge on any atom is -0.389 e. The van der Waals surface area contributed by atoms with Crippen LogP contribution in [0.15, 0.2) is 18.2 Å². The van der Waals surface area contributed by atoms with Crippen molar-refractivity contribution in [1.82, 2.24) is 0 Å².